The number of nitriles is 1. The molecule has 19 heavy (non-hydrogen) atoms. The molecule has 3 fully saturated rings. The molecular formula is C16H27N3. The molecule has 5 unspecified atom stereocenters. The van der Waals surface area contributed by atoms with Gasteiger partial charge in [0.05, 0.1) is 12.0 Å². The summed E-state index contributed by atoms with van der Waals surface area (Å²) < 4.78 is 0. The Labute approximate surface area is 117 Å². The molecule has 106 valence electrons. The van der Waals surface area contributed by atoms with E-state index in [2.05, 4.69) is 29.7 Å². The van der Waals surface area contributed by atoms with Crippen molar-refractivity contribution in [1.29, 1.82) is 5.26 Å². The molecule has 2 heterocycles. The first kappa shape index (κ1) is 13.4. The maximum atomic E-state index is 9.46. The summed E-state index contributed by atoms with van der Waals surface area (Å²) in [6, 6.07) is 4.51. The van der Waals surface area contributed by atoms with Crippen molar-refractivity contribution >= 4 is 0 Å². The Morgan fingerprint density at radius 1 is 1.11 bits per heavy atom. The van der Waals surface area contributed by atoms with Crippen molar-refractivity contribution in [3.05, 3.63) is 0 Å². The highest BCUT2D eigenvalue weighted by Crippen LogP contribution is 2.35. The van der Waals surface area contributed by atoms with E-state index in [0.717, 1.165) is 18.4 Å². The van der Waals surface area contributed by atoms with Crippen molar-refractivity contribution in [1.82, 2.24) is 9.80 Å². The molecule has 0 aromatic heterocycles. The average molecular weight is 261 g/mol. The molecule has 0 N–H and O–H groups in total. The topological polar surface area (TPSA) is 30.3 Å². The summed E-state index contributed by atoms with van der Waals surface area (Å²) in [4.78, 5) is 5.37. The molecule has 3 rings (SSSR count). The SMILES string of the molecule is CC1CCC(C#N)C(N2CC3CCCN3CC2C)C1. The van der Waals surface area contributed by atoms with E-state index in [1.54, 1.807) is 0 Å². The van der Waals surface area contributed by atoms with Crippen LogP contribution in [0.15, 0.2) is 0 Å². The summed E-state index contributed by atoms with van der Waals surface area (Å²) in [7, 11) is 0. The average Bonchev–Trinajstić information content (AvgIpc) is 2.84. The van der Waals surface area contributed by atoms with Crippen molar-refractivity contribution in [2.45, 2.75) is 64.1 Å². The van der Waals surface area contributed by atoms with Crippen LogP contribution in [0.3, 0.4) is 0 Å². The van der Waals surface area contributed by atoms with Crippen molar-refractivity contribution in [2.24, 2.45) is 11.8 Å². The van der Waals surface area contributed by atoms with Crippen molar-refractivity contribution < 1.29 is 0 Å². The zero-order chi connectivity index (χ0) is 13.4. The van der Waals surface area contributed by atoms with E-state index in [0.29, 0.717) is 12.1 Å². The van der Waals surface area contributed by atoms with Crippen LogP contribution < -0.4 is 0 Å². The van der Waals surface area contributed by atoms with Gasteiger partial charge in [0.15, 0.2) is 0 Å². The van der Waals surface area contributed by atoms with Gasteiger partial charge in [-0.1, -0.05) is 6.92 Å². The quantitative estimate of drug-likeness (QED) is 0.726. The van der Waals surface area contributed by atoms with Gasteiger partial charge in [-0.25, -0.2) is 0 Å². The molecule has 1 aliphatic carbocycles. The van der Waals surface area contributed by atoms with Crippen LogP contribution in [0.4, 0.5) is 0 Å². The summed E-state index contributed by atoms with van der Waals surface area (Å²) in [6.45, 7) is 8.44. The highest BCUT2D eigenvalue weighted by atomic mass is 15.3. The normalized spacial score (nSPS) is 44.8. The Kier molecular flexibility index (Phi) is 3.82. The Morgan fingerprint density at radius 3 is 2.74 bits per heavy atom. The molecular weight excluding hydrogens is 234 g/mol. The van der Waals surface area contributed by atoms with Gasteiger partial charge in [-0.2, -0.15) is 5.26 Å². The fourth-order valence-electron chi connectivity index (χ4n) is 4.54. The number of hydrogen-bond acceptors (Lipinski definition) is 3. The fourth-order valence-corrected chi connectivity index (χ4v) is 4.54. The molecule has 5 atom stereocenters. The zero-order valence-corrected chi connectivity index (χ0v) is 12.4. The molecule has 2 aliphatic heterocycles. The van der Waals surface area contributed by atoms with Crippen LogP contribution in [-0.2, 0) is 0 Å². The molecule has 0 bridgehead atoms. The van der Waals surface area contributed by atoms with Gasteiger partial charge in [0.2, 0.25) is 0 Å². The first-order chi connectivity index (χ1) is 9.19. The minimum absolute atomic E-state index is 0.270. The Balaban J connectivity index is 1.74. The molecule has 0 aromatic rings. The second kappa shape index (κ2) is 5.42. The van der Waals surface area contributed by atoms with Crippen molar-refractivity contribution in [3.8, 4) is 6.07 Å². The van der Waals surface area contributed by atoms with E-state index in [4.69, 9.17) is 0 Å². The van der Waals surface area contributed by atoms with E-state index in [9.17, 15) is 5.26 Å². The maximum absolute atomic E-state index is 9.46. The molecule has 3 aliphatic rings. The second-order valence-corrected chi connectivity index (χ2v) is 7.06. The van der Waals surface area contributed by atoms with E-state index in [1.807, 2.05) is 0 Å². The third-order valence-corrected chi connectivity index (χ3v) is 5.66. The molecule has 0 spiro atoms. The van der Waals surface area contributed by atoms with Gasteiger partial charge in [-0.15, -0.1) is 0 Å². The molecule has 3 heteroatoms. The van der Waals surface area contributed by atoms with Gasteiger partial charge in [0.25, 0.3) is 0 Å². The van der Waals surface area contributed by atoms with Gasteiger partial charge in [-0.3, -0.25) is 9.80 Å². The first-order valence-electron chi connectivity index (χ1n) is 8.08. The molecule has 1 saturated carbocycles. The smallest absolute Gasteiger partial charge is 0.0672 e. The highest BCUT2D eigenvalue weighted by Gasteiger charge is 2.41. The van der Waals surface area contributed by atoms with Gasteiger partial charge < -0.3 is 0 Å². The minimum Gasteiger partial charge on any atom is -0.298 e. The first-order valence-corrected chi connectivity index (χ1v) is 8.08. The Morgan fingerprint density at radius 2 is 1.95 bits per heavy atom. The number of hydrogen-bond donors (Lipinski definition) is 0. The number of fused-ring (bicyclic) bond motifs is 1. The van der Waals surface area contributed by atoms with Gasteiger partial charge in [-0.05, 0) is 51.5 Å². The van der Waals surface area contributed by atoms with Crippen molar-refractivity contribution in [3.63, 3.8) is 0 Å². The van der Waals surface area contributed by atoms with E-state index in [1.165, 1.54) is 45.3 Å². The molecule has 0 amide bonds. The predicted octanol–water partition coefficient (Wildman–Crippen LogP) is 2.48. The van der Waals surface area contributed by atoms with E-state index >= 15 is 0 Å². The Bertz CT molecular complexity index is 361. The number of nitrogens with zero attached hydrogens (tertiary/aromatic N) is 3. The van der Waals surface area contributed by atoms with Crippen LogP contribution in [-0.4, -0.2) is 47.6 Å². The second-order valence-electron chi connectivity index (χ2n) is 7.06. The summed E-state index contributed by atoms with van der Waals surface area (Å²) in [5.74, 6) is 1.06. The van der Waals surface area contributed by atoms with Crippen LogP contribution in [0, 0.1) is 23.2 Å². The monoisotopic (exact) mass is 261 g/mol. The minimum atomic E-state index is 0.270. The third-order valence-electron chi connectivity index (χ3n) is 5.66. The molecule has 2 saturated heterocycles. The summed E-state index contributed by atoms with van der Waals surface area (Å²) in [5.41, 5.74) is 0. The van der Waals surface area contributed by atoms with Crippen LogP contribution in [0.5, 0.6) is 0 Å². The van der Waals surface area contributed by atoms with Crippen molar-refractivity contribution in [2.75, 3.05) is 19.6 Å². The van der Waals surface area contributed by atoms with Gasteiger partial charge >= 0.3 is 0 Å². The molecule has 0 aromatic carbocycles. The van der Waals surface area contributed by atoms with Crippen LogP contribution in [0.25, 0.3) is 0 Å². The number of piperazine rings is 1. The van der Waals surface area contributed by atoms with E-state index in [-0.39, 0.29) is 5.92 Å². The lowest BCUT2D eigenvalue weighted by molar-refractivity contribution is -0.00297. The maximum Gasteiger partial charge on any atom is 0.0672 e. The lowest BCUT2D eigenvalue weighted by Gasteiger charge is -2.49. The lowest BCUT2D eigenvalue weighted by atomic mass is 9.78. The Hall–Kier alpha value is -0.590. The standard InChI is InChI=1S/C16H27N3/c1-12-5-6-14(9-17)16(8-12)19-11-15-4-3-7-18(15)10-13(19)2/h12-16H,3-8,10-11H2,1-2H3. The van der Waals surface area contributed by atoms with E-state index < -0.39 is 0 Å². The van der Waals surface area contributed by atoms with Gasteiger partial charge in [0.1, 0.15) is 0 Å². The lowest BCUT2D eigenvalue weighted by Crippen LogP contribution is -2.60. The van der Waals surface area contributed by atoms with Crippen LogP contribution in [0.2, 0.25) is 0 Å². The molecule has 3 nitrogen and oxygen atoms in total. The largest absolute Gasteiger partial charge is 0.298 e. The predicted molar refractivity (Wildman–Crippen MR) is 76.7 cm³/mol. The fraction of sp³-hybridized carbons (Fsp3) is 0.938. The highest BCUT2D eigenvalue weighted by molar-refractivity contribution is 5.01. The summed E-state index contributed by atoms with van der Waals surface area (Å²) in [5, 5.41) is 9.46. The van der Waals surface area contributed by atoms with Gasteiger partial charge in [0, 0.05) is 31.2 Å². The number of rotatable bonds is 1. The zero-order valence-electron chi connectivity index (χ0n) is 12.4. The summed E-state index contributed by atoms with van der Waals surface area (Å²) >= 11 is 0. The molecule has 0 radical (unpaired) electrons. The van der Waals surface area contributed by atoms with Crippen LogP contribution in [0.1, 0.15) is 46.0 Å². The van der Waals surface area contributed by atoms with Crippen LogP contribution >= 0.6 is 0 Å². The third kappa shape index (κ3) is 2.53. The summed E-state index contributed by atoms with van der Waals surface area (Å²) in [6.07, 6.45) is 6.32.